The predicted molar refractivity (Wildman–Crippen MR) is 143 cm³/mol. The van der Waals surface area contributed by atoms with Gasteiger partial charge in [-0.3, -0.25) is 19.4 Å². The Balaban J connectivity index is 1.39. The Morgan fingerprint density at radius 3 is 2.54 bits per heavy atom. The number of likely N-dealkylation sites (tertiary alicyclic amines) is 1. The van der Waals surface area contributed by atoms with E-state index in [-0.39, 0.29) is 36.2 Å². The predicted octanol–water partition coefficient (Wildman–Crippen LogP) is 3.30. The van der Waals surface area contributed by atoms with Crippen LogP contribution in [0.3, 0.4) is 0 Å². The summed E-state index contributed by atoms with van der Waals surface area (Å²) >= 11 is 0. The number of anilines is 1. The first-order chi connectivity index (χ1) is 18.7. The molecule has 0 aliphatic carbocycles. The maximum absolute atomic E-state index is 13.9. The molecule has 4 amide bonds. The van der Waals surface area contributed by atoms with E-state index in [1.54, 1.807) is 24.3 Å². The van der Waals surface area contributed by atoms with Crippen LogP contribution in [0.4, 0.5) is 14.9 Å². The van der Waals surface area contributed by atoms with E-state index in [4.69, 9.17) is 0 Å². The van der Waals surface area contributed by atoms with Gasteiger partial charge in [0.15, 0.2) is 5.78 Å². The van der Waals surface area contributed by atoms with Gasteiger partial charge in [0.05, 0.1) is 35.5 Å². The number of aromatic nitrogens is 2. The number of fused-ring (bicyclic) bond motifs is 1. The molecule has 1 fully saturated rings. The van der Waals surface area contributed by atoms with Crippen molar-refractivity contribution in [2.75, 3.05) is 18.4 Å². The Labute approximate surface area is 225 Å². The molecule has 11 heteroatoms. The van der Waals surface area contributed by atoms with E-state index >= 15 is 0 Å². The van der Waals surface area contributed by atoms with Crippen molar-refractivity contribution in [3.8, 4) is 0 Å². The lowest BCUT2D eigenvalue weighted by molar-refractivity contribution is -0.129. The number of amides is 4. The van der Waals surface area contributed by atoms with Gasteiger partial charge < -0.3 is 20.9 Å². The number of rotatable bonds is 7. The molecule has 0 radical (unpaired) electrons. The van der Waals surface area contributed by atoms with Crippen molar-refractivity contribution < 1.29 is 23.6 Å². The molecule has 3 aromatic rings. The summed E-state index contributed by atoms with van der Waals surface area (Å²) in [5.74, 6) is -1.89. The standard InChI is InChI=1S/C28H31FN6O4/c1-17(2)14-23(33-27(38)24-15-30-20-10-5-6-11-21(20)31-24)26(37)32-22-12-7-13-35(16-25(22)36)28(39)34-19-9-4-3-8-18(19)29/h3-6,8-11,15,17,22-23H,7,12-14,16H2,1-2H3,(H,32,37)(H,33,38)(H,34,39)/t22?,23-/m0/s1. The summed E-state index contributed by atoms with van der Waals surface area (Å²) in [5.41, 5.74) is 1.31. The second-order valence-corrected chi connectivity index (χ2v) is 9.90. The number of benzene rings is 2. The fraction of sp³-hybridized carbons (Fsp3) is 0.357. The van der Waals surface area contributed by atoms with Crippen molar-refractivity contribution in [2.45, 2.75) is 45.2 Å². The Hall–Kier alpha value is -4.41. The molecular weight excluding hydrogens is 503 g/mol. The summed E-state index contributed by atoms with van der Waals surface area (Å²) in [7, 11) is 0. The lowest BCUT2D eigenvalue weighted by Gasteiger charge is -2.23. The zero-order valence-corrected chi connectivity index (χ0v) is 21.8. The molecule has 1 saturated heterocycles. The van der Waals surface area contributed by atoms with Crippen molar-refractivity contribution in [1.29, 1.82) is 0 Å². The van der Waals surface area contributed by atoms with E-state index in [1.807, 2.05) is 19.9 Å². The van der Waals surface area contributed by atoms with Crippen LogP contribution in [0.5, 0.6) is 0 Å². The van der Waals surface area contributed by atoms with E-state index in [0.29, 0.717) is 30.3 Å². The average Bonchev–Trinajstić information content (AvgIpc) is 3.10. The van der Waals surface area contributed by atoms with Gasteiger partial charge in [-0.2, -0.15) is 0 Å². The van der Waals surface area contributed by atoms with E-state index in [1.165, 1.54) is 29.3 Å². The summed E-state index contributed by atoms with van der Waals surface area (Å²) in [4.78, 5) is 61.7. The van der Waals surface area contributed by atoms with Crippen molar-refractivity contribution in [3.63, 3.8) is 0 Å². The molecule has 1 aliphatic heterocycles. The maximum atomic E-state index is 13.9. The van der Waals surface area contributed by atoms with Crippen molar-refractivity contribution in [3.05, 3.63) is 66.2 Å². The minimum absolute atomic E-state index is 0.0208. The number of nitrogens with zero attached hydrogens (tertiary/aromatic N) is 3. The highest BCUT2D eigenvalue weighted by Gasteiger charge is 2.31. The van der Waals surface area contributed by atoms with Crippen LogP contribution in [0.2, 0.25) is 0 Å². The Morgan fingerprint density at radius 2 is 1.79 bits per heavy atom. The topological polar surface area (TPSA) is 133 Å². The number of carbonyl (C=O) groups excluding carboxylic acids is 4. The number of Topliss-reactive ketones (excluding diaryl/α,β-unsaturated/α-hetero) is 1. The maximum Gasteiger partial charge on any atom is 0.322 e. The molecule has 1 aliphatic rings. The normalized spacial score (nSPS) is 16.5. The van der Waals surface area contributed by atoms with Crippen LogP contribution < -0.4 is 16.0 Å². The van der Waals surface area contributed by atoms with E-state index in [0.717, 1.165) is 0 Å². The molecule has 3 N–H and O–H groups in total. The molecular formula is C28H31FN6O4. The molecule has 1 aromatic heterocycles. The smallest absolute Gasteiger partial charge is 0.322 e. The van der Waals surface area contributed by atoms with Crippen LogP contribution in [0, 0.1) is 11.7 Å². The second kappa shape index (κ2) is 12.4. The van der Waals surface area contributed by atoms with Gasteiger partial charge in [-0.15, -0.1) is 0 Å². The number of para-hydroxylation sites is 3. The lowest BCUT2D eigenvalue weighted by atomic mass is 10.0. The molecule has 2 aromatic carbocycles. The van der Waals surface area contributed by atoms with Crippen molar-refractivity contribution >= 4 is 40.3 Å². The van der Waals surface area contributed by atoms with Gasteiger partial charge in [0.1, 0.15) is 17.6 Å². The van der Waals surface area contributed by atoms with Crippen LogP contribution in [0.1, 0.15) is 43.6 Å². The highest BCUT2D eigenvalue weighted by Crippen LogP contribution is 2.16. The summed E-state index contributed by atoms with van der Waals surface area (Å²) in [6.45, 7) is 3.88. The fourth-order valence-corrected chi connectivity index (χ4v) is 4.38. The minimum Gasteiger partial charge on any atom is -0.344 e. The number of ketones is 1. The van der Waals surface area contributed by atoms with Gasteiger partial charge in [-0.1, -0.05) is 38.1 Å². The van der Waals surface area contributed by atoms with E-state index < -0.39 is 35.7 Å². The quantitative estimate of drug-likeness (QED) is 0.426. The molecule has 0 bridgehead atoms. The molecule has 4 rings (SSSR count). The highest BCUT2D eigenvalue weighted by molar-refractivity contribution is 5.99. The zero-order valence-electron chi connectivity index (χ0n) is 21.8. The third-order valence-electron chi connectivity index (χ3n) is 6.39. The number of hydrogen-bond acceptors (Lipinski definition) is 6. The van der Waals surface area contributed by atoms with E-state index in [9.17, 15) is 23.6 Å². The Kier molecular flexibility index (Phi) is 8.80. The second-order valence-electron chi connectivity index (χ2n) is 9.90. The molecule has 0 spiro atoms. The zero-order chi connectivity index (χ0) is 27.9. The van der Waals surface area contributed by atoms with Crippen molar-refractivity contribution in [1.82, 2.24) is 25.5 Å². The first-order valence-corrected chi connectivity index (χ1v) is 12.9. The fourth-order valence-electron chi connectivity index (χ4n) is 4.38. The summed E-state index contributed by atoms with van der Waals surface area (Å²) < 4.78 is 13.9. The monoisotopic (exact) mass is 534 g/mol. The Bertz CT molecular complexity index is 1380. The van der Waals surface area contributed by atoms with Crippen LogP contribution in [-0.4, -0.2) is 63.7 Å². The molecule has 2 heterocycles. The average molecular weight is 535 g/mol. The third kappa shape index (κ3) is 7.13. The van der Waals surface area contributed by atoms with Gasteiger partial charge in [0.25, 0.3) is 5.91 Å². The minimum atomic E-state index is -0.901. The number of halogens is 1. The third-order valence-corrected chi connectivity index (χ3v) is 6.39. The largest absolute Gasteiger partial charge is 0.344 e. The van der Waals surface area contributed by atoms with Crippen LogP contribution in [-0.2, 0) is 9.59 Å². The molecule has 204 valence electrons. The first kappa shape index (κ1) is 27.6. The molecule has 0 saturated carbocycles. The van der Waals surface area contributed by atoms with Crippen LogP contribution in [0.15, 0.2) is 54.7 Å². The highest BCUT2D eigenvalue weighted by atomic mass is 19.1. The number of hydrogen-bond donors (Lipinski definition) is 3. The SMILES string of the molecule is CC(C)C[C@H](NC(=O)c1cnc2ccccc2n1)C(=O)NC1CCCN(C(=O)Nc2ccccc2F)CC1=O. The summed E-state index contributed by atoms with van der Waals surface area (Å²) in [5, 5.41) is 7.98. The summed E-state index contributed by atoms with van der Waals surface area (Å²) in [6.07, 6.45) is 2.48. The summed E-state index contributed by atoms with van der Waals surface area (Å²) in [6, 6.07) is 10.6. The van der Waals surface area contributed by atoms with Gasteiger partial charge in [0.2, 0.25) is 5.91 Å². The lowest BCUT2D eigenvalue weighted by Crippen LogP contribution is -2.53. The van der Waals surface area contributed by atoms with Crippen molar-refractivity contribution in [2.24, 2.45) is 5.92 Å². The van der Waals surface area contributed by atoms with Gasteiger partial charge in [-0.05, 0) is 49.4 Å². The number of carbonyl (C=O) groups is 4. The first-order valence-electron chi connectivity index (χ1n) is 12.9. The molecule has 10 nitrogen and oxygen atoms in total. The van der Waals surface area contributed by atoms with Gasteiger partial charge >= 0.3 is 6.03 Å². The van der Waals surface area contributed by atoms with Crippen LogP contribution >= 0.6 is 0 Å². The van der Waals surface area contributed by atoms with Gasteiger partial charge in [-0.25, -0.2) is 14.2 Å². The molecule has 1 unspecified atom stereocenters. The number of urea groups is 1. The van der Waals surface area contributed by atoms with E-state index in [2.05, 4.69) is 25.9 Å². The Morgan fingerprint density at radius 1 is 1.08 bits per heavy atom. The molecule has 39 heavy (non-hydrogen) atoms. The van der Waals surface area contributed by atoms with Crippen LogP contribution in [0.25, 0.3) is 11.0 Å². The molecule has 2 atom stereocenters. The number of nitrogens with one attached hydrogen (secondary N) is 3. The van der Waals surface area contributed by atoms with Gasteiger partial charge in [0, 0.05) is 6.54 Å².